The van der Waals surface area contributed by atoms with Crippen LogP contribution < -0.4 is 10.3 Å². The summed E-state index contributed by atoms with van der Waals surface area (Å²) >= 11 is 0. The van der Waals surface area contributed by atoms with Crippen LogP contribution in [-0.2, 0) is 19.1 Å². The molecule has 4 aliphatic rings. The molecule has 3 fully saturated rings. The lowest BCUT2D eigenvalue weighted by Crippen LogP contribution is -2.69. The van der Waals surface area contributed by atoms with E-state index in [-0.39, 0.29) is 35.6 Å². The first kappa shape index (κ1) is 30.4. The van der Waals surface area contributed by atoms with Crippen LogP contribution in [0.15, 0.2) is 65.3 Å². The summed E-state index contributed by atoms with van der Waals surface area (Å²) in [5, 5.41) is 20.8. The number of nitriles is 1. The van der Waals surface area contributed by atoms with E-state index in [1.165, 1.54) is 48.8 Å². The molecule has 6 rings (SSSR count). The molecule has 2 heterocycles. The van der Waals surface area contributed by atoms with Crippen LogP contribution in [0.5, 0.6) is 11.6 Å². The summed E-state index contributed by atoms with van der Waals surface area (Å²) in [5.41, 5.74) is -6.21. The summed E-state index contributed by atoms with van der Waals surface area (Å²) in [5.74, 6) is -2.83. The van der Waals surface area contributed by atoms with Crippen LogP contribution in [0.2, 0.25) is 0 Å². The number of hydrogen-bond acceptors (Lipinski definition) is 10. The average molecular weight is 618 g/mol. The number of allylic oxidation sites excluding steroid dienone is 4. The summed E-state index contributed by atoms with van der Waals surface area (Å²) in [6.07, 6.45) is 6.16. The van der Waals surface area contributed by atoms with E-state index in [9.17, 15) is 24.3 Å². The van der Waals surface area contributed by atoms with Gasteiger partial charge in [0.1, 0.15) is 11.8 Å². The van der Waals surface area contributed by atoms with Gasteiger partial charge in [0.05, 0.1) is 11.7 Å². The monoisotopic (exact) mass is 617 g/mol. The number of esters is 2. The number of ether oxygens (including phenoxy) is 3. The Bertz CT molecular complexity index is 1710. The summed E-state index contributed by atoms with van der Waals surface area (Å²) in [6.45, 7) is 2.82. The van der Waals surface area contributed by atoms with Crippen LogP contribution in [0, 0.1) is 34.0 Å². The van der Waals surface area contributed by atoms with E-state index in [1.807, 2.05) is 0 Å². The molecule has 3 saturated carbocycles. The number of aliphatic hydroxyl groups is 1. The molecule has 4 aliphatic carbocycles. The number of H-pyrrole nitrogens is 1. The largest absolute Gasteiger partial charge is 0.447 e. The SMILES string of the molecule is C[C@]12C=CC(=O)C=C1CC[C@H]1[C@@H]3CC[C@@](OC(=O)c4ccc(Oc5ccc(=O)[nH]c5)nc4)(C(=O)OCC#N)[C@@]3(C)C[C@H](O)C12F. The van der Waals surface area contributed by atoms with E-state index in [2.05, 4.69) is 9.97 Å². The molecular weight excluding hydrogens is 585 g/mol. The second-order valence-corrected chi connectivity index (χ2v) is 12.6. The number of alkyl halides is 1. The number of aliphatic hydroxyl groups excluding tert-OH is 1. The van der Waals surface area contributed by atoms with E-state index in [1.54, 1.807) is 26.0 Å². The zero-order valence-corrected chi connectivity index (χ0v) is 24.7. The second-order valence-electron chi connectivity index (χ2n) is 12.6. The lowest BCUT2D eigenvalue weighted by atomic mass is 9.45. The van der Waals surface area contributed by atoms with Crippen LogP contribution in [0.3, 0.4) is 0 Å². The number of pyridine rings is 2. The molecule has 11 nitrogen and oxygen atoms in total. The first-order valence-electron chi connectivity index (χ1n) is 14.8. The maximum atomic E-state index is 17.5. The maximum absolute atomic E-state index is 17.5. The van der Waals surface area contributed by atoms with Crippen molar-refractivity contribution in [1.29, 1.82) is 5.26 Å². The average Bonchev–Trinajstić information content (AvgIpc) is 3.30. The predicted molar refractivity (Wildman–Crippen MR) is 154 cm³/mol. The van der Waals surface area contributed by atoms with Gasteiger partial charge >= 0.3 is 11.9 Å². The van der Waals surface area contributed by atoms with Crippen molar-refractivity contribution < 1.29 is 38.1 Å². The van der Waals surface area contributed by atoms with Crippen molar-refractivity contribution >= 4 is 17.7 Å². The normalized spacial score (nSPS) is 34.8. The lowest BCUT2D eigenvalue weighted by Gasteiger charge is -2.62. The van der Waals surface area contributed by atoms with Crippen molar-refractivity contribution in [1.82, 2.24) is 9.97 Å². The Balaban J connectivity index is 1.31. The molecular formula is C33H32FN3O8. The van der Waals surface area contributed by atoms with E-state index in [0.717, 1.165) is 0 Å². The van der Waals surface area contributed by atoms with Crippen molar-refractivity contribution in [2.24, 2.45) is 22.7 Å². The topological polar surface area (TPSA) is 169 Å². The minimum atomic E-state index is -2.14. The highest BCUT2D eigenvalue weighted by Crippen LogP contribution is 2.70. The number of nitrogens with one attached hydrogen (secondary N) is 1. The van der Waals surface area contributed by atoms with Crippen LogP contribution in [0.25, 0.3) is 0 Å². The first-order chi connectivity index (χ1) is 21.4. The Labute approximate surface area is 257 Å². The number of hydrogen-bond donors (Lipinski definition) is 2. The number of fused-ring (bicyclic) bond motifs is 5. The van der Waals surface area contributed by atoms with Gasteiger partial charge in [-0.2, -0.15) is 5.26 Å². The standard InChI is InChI=1S/C33H32FN3O8/c1-30-11-9-21(38)15-20(30)4-6-24-23-10-12-32(29(42)43-14-13-35,31(23,2)16-25(39)33(24,30)34)45-28(41)19-3-8-27(37-17-19)44-22-5-7-26(40)36-18-22/h3,5,7-9,11,15,17-18,23-25,39H,4,6,10,12,14,16H2,1-2H3,(H,36,40)/t23-,24-,25-,30-,31-,32+,33?/m0/s1. The molecule has 0 radical (unpaired) electrons. The number of nitrogens with zero attached hydrogens (tertiary/aromatic N) is 2. The fourth-order valence-electron chi connectivity index (χ4n) is 8.32. The molecule has 0 aromatic carbocycles. The highest BCUT2D eigenvalue weighted by atomic mass is 19.1. The molecule has 234 valence electrons. The molecule has 2 N–H and O–H groups in total. The first-order valence-corrected chi connectivity index (χ1v) is 14.8. The summed E-state index contributed by atoms with van der Waals surface area (Å²) < 4.78 is 34.4. The molecule has 0 amide bonds. The van der Waals surface area contributed by atoms with Crippen molar-refractivity contribution in [2.75, 3.05) is 6.61 Å². The molecule has 0 spiro atoms. The Kier molecular flexibility index (Phi) is 7.27. The van der Waals surface area contributed by atoms with Crippen molar-refractivity contribution in [3.8, 4) is 17.7 Å². The highest BCUT2D eigenvalue weighted by Gasteiger charge is 2.76. The van der Waals surface area contributed by atoms with E-state index >= 15 is 4.39 Å². The molecule has 0 saturated heterocycles. The van der Waals surface area contributed by atoms with Gasteiger partial charge < -0.3 is 24.3 Å². The van der Waals surface area contributed by atoms with Crippen molar-refractivity contribution in [3.63, 3.8) is 0 Å². The van der Waals surface area contributed by atoms with Gasteiger partial charge in [-0.3, -0.25) is 9.59 Å². The molecule has 0 bridgehead atoms. The second kappa shape index (κ2) is 10.8. The number of ketones is 1. The number of rotatable bonds is 6. The fraction of sp³-hybridized carbons (Fsp3) is 0.455. The van der Waals surface area contributed by atoms with Gasteiger partial charge in [-0.25, -0.2) is 19.0 Å². The third-order valence-electron chi connectivity index (χ3n) is 10.6. The van der Waals surface area contributed by atoms with Crippen molar-refractivity contribution in [3.05, 3.63) is 76.4 Å². The Morgan fingerprint density at radius 2 is 1.98 bits per heavy atom. The van der Waals surface area contributed by atoms with Gasteiger partial charge in [0, 0.05) is 41.3 Å². The van der Waals surface area contributed by atoms with Gasteiger partial charge in [0.2, 0.25) is 17.0 Å². The Morgan fingerprint density at radius 3 is 2.67 bits per heavy atom. The summed E-state index contributed by atoms with van der Waals surface area (Å²) in [7, 11) is 0. The Morgan fingerprint density at radius 1 is 1.18 bits per heavy atom. The number of aromatic nitrogens is 2. The number of carbonyl (C=O) groups excluding carboxylic acids is 3. The molecule has 7 atom stereocenters. The van der Waals surface area contributed by atoms with Crippen LogP contribution in [0.1, 0.15) is 56.3 Å². The smallest absolute Gasteiger partial charge is 0.352 e. The summed E-state index contributed by atoms with van der Waals surface area (Å²) in [6, 6.07) is 7.31. The molecule has 12 heteroatoms. The van der Waals surface area contributed by atoms with Crippen molar-refractivity contribution in [2.45, 2.75) is 63.3 Å². The zero-order chi connectivity index (χ0) is 32.2. The fourth-order valence-corrected chi connectivity index (χ4v) is 8.32. The number of carbonyl (C=O) groups is 3. The quantitative estimate of drug-likeness (QED) is 0.454. The third kappa shape index (κ3) is 4.51. The molecule has 2 aromatic rings. The van der Waals surface area contributed by atoms with E-state index in [0.29, 0.717) is 30.6 Å². The summed E-state index contributed by atoms with van der Waals surface area (Å²) in [4.78, 5) is 57.4. The predicted octanol–water partition coefficient (Wildman–Crippen LogP) is 3.90. The van der Waals surface area contributed by atoms with Crippen LogP contribution >= 0.6 is 0 Å². The van der Waals surface area contributed by atoms with Gasteiger partial charge in [-0.15, -0.1) is 0 Å². The van der Waals surface area contributed by atoms with E-state index < -0.39 is 58.6 Å². The van der Waals surface area contributed by atoms with E-state index in [4.69, 9.17) is 19.5 Å². The lowest BCUT2D eigenvalue weighted by molar-refractivity contribution is -0.224. The van der Waals surface area contributed by atoms with Gasteiger partial charge in [0.25, 0.3) is 0 Å². The number of aromatic amines is 1. The van der Waals surface area contributed by atoms with Crippen LogP contribution in [-0.4, -0.2) is 56.8 Å². The molecule has 2 aromatic heterocycles. The van der Waals surface area contributed by atoms with Gasteiger partial charge in [-0.05, 0) is 69.2 Å². The minimum Gasteiger partial charge on any atom is -0.447 e. The maximum Gasteiger partial charge on any atom is 0.352 e. The van der Waals surface area contributed by atoms with Crippen LogP contribution in [0.4, 0.5) is 4.39 Å². The number of halogens is 1. The van der Waals surface area contributed by atoms with Gasteiger partial charge in [0.15, 0.2) is 18.1 Å². The van der Waals surface area contributed by atoms with Gasteiger partial charge in [-0.1, -0.05) is 18.6 Å². The minimum absolute atomic E-state index is 0.00195. The highest BCUT2D eigenvalue weighted by molar-refractivity contribution is 6.01. The molecule has 0 aliphatic heterocycles. The zero-order valence-electron chi connectivity index (χ0n) is 24.7. The third-order valence-corrected chi connectivity index (χ3v) is 10.6. The Hall–Kier alpha value is -4.63. The molecule has 45 heavy (non-hydrogen) atoms. The molecule has 1 unspecified atom stereocenters.